The van der Waals surface area contributed by atoms with Crippen molar-refractivity contribution in [3.8, 4) is 11.8 Å². The zero-order chi connectivity index (χ0) is 15.5. The van der Waals surface area contributed by atoms with E-state index in [1.807, 2.05) is 24.3 Å². The normalized spacial score (nSPS) is 17.3. The van der Waals surface area contributed by atoms with Crippen LogP contribution in [0.15, 0.2) is 36.4 Å². The number of anilines is 1. The molecule has 4 nitrogen and oxygen atoms in total. The number of pyridine rings is 1. The highest BCUT2D eigenvalue weighted by atomic mass is 35.5. The number of hydrogen-bond donors (Lipinski definition) is 0. The lowest BCUT2D eigenvalue weighted by molar-refractivity contribution is 0.414. The van der Waals surface area contributed by atoms with Crippen LogP contribution in [-0.2, 0) is 0 Å². The van der Waals surface area contributed by atoms with E-state index in [1.54, 1.807) is 13.2 Å². The van der Waals surface area contributed by atoms with Gasteiger partial charge >= 0.3 is 0 Å². The van der Waals surface area contributed by atoms with E-state index in [4.69, 9.17) is 21.6 Å². The Labute approximate surface area is 134 Å². The molecule has 1 fully saturated rings. The summed E-state index contributed by atoms with van der Waals surface area (Å²) >= 11 is 5.98. The van der Waals surface area contributed by atoms with E-state index < -0.39 is 0 Å². The number of halogens is 1. The second-order valence-electron chi connectivity index (χ2n) is 5.24. The van der Waals surface area contributed by atoms with Gasteiger partial charge in [-0.1, -0.05) is 23.7 Å². The Morgan fingerprint density at radius 3 is 3.00 bits per heavy atom. The fourth-order valence-corrected chi connectivity index (χ4v) is 3.05. The second kappa shape index (κ2) is 6.25. The van der Waals surface area contributed by atoms with Gasteiger partial charge < -0.3 is 9.64 Å². The van der Waals surface area contributed by atoms with Crippen molar-refractivity contribution < 1.29 is 4.74 Å². The number of nitriles is 1. The average Bonchev–Trinajstić information content (AvgIpc) is 3.05. The van der Waals surface area contributed by atoms with Gasteiger partial charge in [0.05, 0.1) is 18.2 Å². The predicted molar refractivity (Wildman–Crippen MR) is 86.3 cm³/mol. The van der Waals surface area contributed by atoms with Crippen molar-refractivity contribution in [2.45, 2.75) is 18.9 Å². The first kappa shape index (κ1) is 14.7. The number of rotatable bonds is 3. The van der Waals surface area contributed by atoms with Gasteiger partial charge in [0.15, 0.2) is 5.69 Å². The second-order valence-corrected chi connectivity index (χ2v) is 5.65. The molecule has 1 saturated heterocycles. The number of benzene rings is 1. The van der Waals surface area contributed by atoms with Crippen molar-refractivity contribution in [2.75, 3.05) is 18.6 Å². The van der Waals surface area contributed by atoms with Crippen molar-refractivity contribution >= 4 is 17.4 Å². The first-order valence-electron chi connectivity index (χ1n) is 7.20. The summed E-state index contributed by atoms with van der Waals surface area (Å²) in [5.41, 5.74) is 1.47. The minimum atomic E-state index is 0.246. The third-order valence-corrected chi connectivity index (χ3v) is 4.27. The highest BCUT2D eigenvalue weighted by molar-refractivity contribution is 6.31. The van der Waals surface area contributed by atoms with E-state index in [0.717, 1.165) is 31.0 Å². The highest BCUT2D eigenvalue weighted by Gasteiger charge is 2.27. The van der Waals surface area contributed by atoms with Crippen LogP contribution in [0.4, 0.5) is 5.82 Å². The van der Waals surface area contributed by atoms with E-state index in [1.165, 1.54) is 5.56 Å². The number of methoxy groups -OCH3 is 1. The van der Waals surface area contributed by atoms with Crippen LogP contribution in [0.3, 0.4) is 0 Å². The molecular formula is C17H16ClN3O. The third kappa shape index (κ3) is 2.72. The molecule has 1 aromatic carbocycles. The lowest BCUT2D eigenvalue weighted by Crippen LogP contribution is -2.23. The molecule has 2 heterocycles. The smallest absolute Gasteiger partial charge is 0.161 e. The largest absolute Gasteiger partial charge is 0.497 e. The summed E-state index contributed by atoms with van der Waals surface area (Å²) < 4.78 is 5.31. The lowest BCUT2D eigenvalue weighted by atomic mass is 10.0. The Bertz CT molecular complexity index is 726. The van der Waals surface area contributed by atoms with Crippen LogP contribution in [0.25, 0.3) is 0 Å². The van der Waals surface area contributed by atoms with Crippen LogP contribution in [-0.4, -0.2) is 18.6 Å². The maximum absolute atomic E-state index is 9.10. The van der Waals surface area contributed by atoms with Crippen LogP contribution in [0.5, 0.6) is 5.75 Å². The summed E-state index contributed by atoms with van der Waals surface area (Å²) in [5, 5.41) is 9.50. The summed E-state index contributed by atoms with van der Waals surface area (Å²) in [6, 6.07) is 14.0. The molecule has 0 spiro atoms. The molecule has 22 heavy (non-hydrogen) atoms. The molecule has 1 unspecified atom stereocenters. The van der Waals surface area contributed by atoms with Gasteiger partial charge in [-0.25, -0.2) is 4.98 Å². The maximum atomic E-state index is 9.10. The lowest BCUT2D eigenvalue weighted by Gasteiger charge is -2.26. The van der Waals surface area contributed by atoms with Gasteiger partial charge in [0.25, 0.3) is 0 Å². The molecular weight excluding hydrogens is 298 g/mol. The standard InChI is InChI=1S/C17H16ClN3O/c1-22-13-5-2-4-12(10-13)16-6-3-9-21(16)17-8-7-14(18)15(11-19)20-17/h2,4-5,7-8,10,16H,3,6,9H2,1H3. The fraction of sp³-hybridized carbons (Fsp3) is 0.294. The van der Waals surface area contributed by atoms with Crippen LogP contribution >= 0.6 is 11.6 Å². The van der Waals surface area contributed by atoms with Gasteiger partial charge in [-0.05, 0) is 42.7 Å². The molecule has 0 amide bonds. The molecule has 2 aromatic rings. The first-order valence-corrected chi connectivity index (χ1v) is 7.58. The van der Waals surface area contributed by atoms with E-state index in [-0.39, 0.29) is 11.7 Å². The summed E-state index contributed by atoms with van der Waals surface area (Å²) in [7, 11) is 1.67. The summed E-state index contributed by atoms with van der Waals surface area (Å²) in [6.07, 6.45) is 2.15. The number of ether oxygens (including phenoxy) is 1. The van der Waals surface area contributed by atoms with E-state index in [2.05, 4.69) is 22.0 Å². The number of nitrogens with zero attached hydrogens (tertiary/aromatic N) is 3. The molecule has 1 atom stereocenters. The van der Waals surface area contributed by atoms with Gasteiger partial charge in [0.1, 0.15) is 17.6 Å². The topological polar surface area (TPSA) is 49.1 Å². The molecule has 112 valence electrons. The first-order chi connectivity index (χ1) is 10.7. The number of aromatic nitrogens is 1. The van der Waals surface area contributed by atoms with E-state index in [9.17, 15) is 0 Å². The quantitative estimate of drug-likeness (QED) is 0.860. The summed E-state index contributed by atoms with van der Waals surface area (Å²) in [4.78, 5) is 6.62. The Morgan fingerprint density at radius 1 is 1.36 bits per heavy atom. The maximum Gasteiger partial charge on any atom is 0.161 e. The van der Waals surface area contributed by atoms with Gasteiger partial charge in [-0.15, -0.1) is 0 Å². The Morgan fingerprint density at radius 2 is 2.23 bits per heavy atom. The highest BCUT2D eigenvalue weighted by Crippen LogP contribution is 2.36. The minimum Gasteiger partial charge on any atom is -0.497 e. The van der Waals surface area contributed by atoms with Crippen LogP contribution in [0.2, 0.25) is 5.02 Å². The van der Waals surface area contributed by atoms with Crippen LogP contribution in [0.1, 0.15) is 30.1 Å². The molecule has 5 heteroatoms. The van der Waals surface area contributed by atoms with Crippen LogP contribution < -0.4 is 9.64 Å². The van der Waals surface area contributed by atoms with Crippen molar-refractivity contribution in [3.63, 3.8) is 0 Å². The van der Waals surface area contributed by atoms with Crippen molar-refractivity contribution in [3.05, 3.63) is 52.7 Å². The minimum absolute atomic E-state index is 0.246. The average molecular weight is 314 g/mol. The fourth-order valence-electron chi connectivity index (χ4n) is 2.91. The van der Waals surface area contributed by atoms with Gasteiger partial charge in [0, 0.05) is 6.54 Å². The molecule has 0 N–H and O–H groups in total. The van der Waals surface area contributed by atoms with Crippen LogP contribution in [0, 0.1) is 11.3 Å². The molecule has 3 rings (SSSR count). The third-order valence-electron chi connectivity index (χ3n) is 3.96. The predicted octanol–water partition coefficient (Wildman–Crippen LogP) is 3.96. The van der Waals surface area contributed by atoms with E-state index >= 15 is 0 Å². The molecule has 1 aromatic heterocycles. The molecule has 0 saturated carbocycles. The molecule has 1 aliphatic heterocycles. The van der Waals surface area contributed by atoms with Crippen molar-refractivity contribution in [2.24, 2.45) is 0 Å². The van der Waals surface area contributed by atoms with Gasteiger partial charge in [-0.3, -0.25) is 0 Å². The zero-order valence-corrected chi connectivity index (χ0v) is 13.0. The SMILES string of the molecule is COc1cccc(C2CCCN2c2ccc(Cl)c(C#N)n2)c1. The summed E-state index contributed by atoms with van der Waals surface area (Å²) in [5.74, 6) is 1.65. The Kier molecular flexibility index (Phi) is 4.17. The Balaban J connectivity index is 1.94. The van der Waals surface area contributed by atoms with Gasteiger partial charge in [-0.2, -0.15) is 5.26 Å². The van der Waals surface area contributed by atoms with E-state index in [0.29, 0.717) is 5.02 Å². The molecule has 0 bridgehead atoms. The molecule has 0 radical (unpaired) electrons. The van der Waals surface area contributed by atoms with Crippen molar-refractivity contribution in [1.29, 1.82) is 5.26 Å². The molecule has 0 aliphatic carbocycles. The Hall–Kier alpha value is -2.25. The monoisotopic (exact) mass is 313 g/mol. The van der Waals surface area contributed by atoms with Gasteiger partial charge in [0.2, 0.25) is 0 Å². The number of hydrogen-bond acceptors (Lipinski definition) is 4. The zero-order valence-electron chi connectivity index (χ0n) is 12.3. The molecule has 1 aliphatic rings. The van der Waals surface area contributed by atoms with Crippen molar-refractivity contribution in [1.82, 2.24) is 4.98 Å². The summed E-state index contributed by atoms with van der Waals surface area (Å²) in [6.45, 7) is 0.918.